The van der Waals surface area contributed by atoms with Crippen LogP contribution in [0.15, 0.2) is 47.4 Å². The Morgan fingerprint density at radius 1 is 1.18 bits per heavy atom. The van der Waals surface area contributed by atoms with Crippen LogP contribution < -0.4 is 4.74 Å². The first kappa shape index (κ1) is 16.0. The number of rotatable bonds is 4. The van der Waals surface area contributed by atoms with E-state index in [1.54, 1.807) is 12.1 Å². The summed E-state index contributed by atoms with van der Waals surface area (Å²) in [6.07, 6.45) is 0. The first-order chi connectivity index (χ1) is 10.4. The topological polar surface area (TPSA) is 47.7 Å². The Bertz CT molecular complexity index is 823. The fraction of sp³-hybridized carbons (Fsp3) is 0.188. The molecule has 4 nitrogen and oxygen atoms in total. The number of nitrogens with zero attached hydrogens (tertiary/aromatic N) is 1. The molecule has 2 aromatic rings. The van der Waals surface area contributed by atoms with Gasteiger partial charge in [0.05, 0.1) is 17.6 Å². The highest BCUT2D eigenvalue weighted by Crippen LogP contribution is 2.32. The minimum absolute atomic E-state index is 0.000199. The van der Waals surface area contributed by atoms with Crippen LogP contribution in [0.4, 0.5) is 4.39 Å². The summed E-state index contributed by atoms with van der Waals surface area (Å²) in [5.41, 5.74) is 0.989. The van der Waals surface area contributed by atoms with E-state index < -0.39 is 21.0 Å². The highest BCUT2D eigenvalue weighted by molar-refractivity contribution is 7.91. The second kappa shape index (κ2) is 6.16. The molecule has 0 aliphatic carbocycles. The number of aryl methyl sites for hydroxylation is 1. The second-order valence-corrected chi connectivity index (χ2v) is 6.74. The summed E-state index contributed by atoms with van der Waals surface area (Å²) < 4.78 is 43.7. The van der Waals surface area contributed by atoms with Gasteiger partial charge in [-0.15, -0.1) is 0 Å². The smallest absolute Gasteiger partial charge is 0.350 e. The fourth-order valence-electron chi connectivity index (χ4n) is 2.02. The Morgan fingerprint density at radius 2 is 1.82 bits per heavy atom. The molecule has 0 saturated heterocycles. The van der Waals surface area contributed by atoms with Gasteiger partial charge in [-0.2, -0.15) is 0 Å². The van der Waals surface area contributed by atoms with Gasteiger partial charge in [0.1, 0.15) is 0 Å². The third-order valence-corrected chi connectivity index (χ3v) is 5.12. The number of sulfone groups is 1. The van der Waals surface area contributed by atoms with Crippen LogP contribution in [-0.2, 0) is 9.84 Å². The van der Waals surface area contributed by atoms with Gasteiger partial charge in [-0.25, -0.2) is 19.4 Å². The van der Waals surface area contributed by atoms with Gasteiger partial charge in [0, 0.05) is 0 Å². The molecular weight excluding hydrogens is 305 g/mol. The molecule has 2 aromatic carbocycles. The Morgan fingerprint density at radius 3 is 2.32 bits per heavy atom. The van der Waals surface area contributed by atoms with E-state index in [4.69, 9.17) is 11.3 Å². The molecule has 0 amide bonds. The standard InChI is InChI=1S/C16H14FNO3S/c1-11-4-7-13(8-5-11)22(19,20)16(18-2)12-6-9-15(21-3)14(17)10-12/h4-10,16H,1,3H3. The number of hydrogen-bond donors (Lipinski definition) is 0. The van der Waals surface area contributed by atoms with E-state index in [1.165, 1.54) is 31.4 Å². The molecule has 1 atom stereocenters. The quantitative estimate of drug-likeness (QED) is 0.810. The fourth-order valence-corrected chi connectivity index (χ4v) is 3.43. The minimum atomic E-state index is -3.92. The number of ether oxygens (including phenoxy) is 1. The van der Waals surface area contributed by atoms with Crippen LogP contribution in [0.3, 0.4) is 0 Å². The summed E-state index contributed by atoms with van der Waals surface area (Å²) in [5, 5.41) is -1.49. The molecule has 0 radical (unpaired) electrons. The number of methoxy groups -OCH3 is 1. The molecular formula is C16H14FNO3S. The molecule has 0 N–H and O–H groups in total. The van der Waals surface area contributed by atoms with Gasteiger partial charge in [0.25, 0.3) is 9.84 Å². The van der Waals surface area contributed by atoms with E-state index in [2.05, 4.69) is 4.85 Å². The molecule has 22 heavy (non-hydrogen) atoms. The second-order valence-electron chi connectivity index (χ2n) is 4.73. The van der Waals surface area contributed by atoms with Crippen molar-refractivity contribution in [3.05, 3.63) is 70.8 Å². The van der Waals surface area contributed by atoms with Gasteiger partial charge in [-0.05, 0) is 37.3 Å². The van der Waals surface area contributed by atoms with Gasteiger partial charge in [-0.1, -0.05) is 17.7 Å². The zero-order valence-corrected chi connectivity index (χ0v) is 12.9. The summed E-state index contributed by atoms with van der Waals surface area (Å²) >= 11 is 0. The molecule has 0 bridgehead atoms. The van der Waals surface area contributed by atoms with Gasteiger partial charge in [-0.3, -0.25) is 4.85 Å². The Balaban J connectivity index is 2.50. The Hall–Kier alpha value is -2.39. The molecule has 0 aromatic heterocycles. The lowest BCUT2D eigenvalue weighted by Gasteiger charge is -2.09. The molecule has 0 saturated carbocycles. The molecule has 0 aliphatic heterocycles. The maximum Gasteiger partial charge on any atom is 0.350 e. The summed E-state index contributed by atoms with van der Waals surface area (Å²) in [5.74, 6) is -0.701. The van der Waals surface area contributed by atoms with Crippen molar-refractivity contribution in [1.82, 2.24) is 0 Å². The van der Waals surface area contributed by atoms with Gasteiger partial charge in [0.15, 0.2) is 11.6 Å². The van der Waals surface area contributed by atoms with Gasteiger partial charge in [0.2, 0.25) is 0 Å². The van der Waals surface area contributed by atoms with Crippen molar-refractivity contribution < 1.29 is 17.5 Å². The first-order valence-electron chi connectivity index (χ1n) is 6.40. The average molecular weight is 319 g/mol. The van der Waals surface area contributed by atoms with Crippen LogP contribution in [0.1, 0.15) is 16.5 Å². The zero-order chi connectivity index (χ0) is 16.3. The minimum Gasteiger partial charge on any atom is -0.494 e. The van der Waals surface area contributed by atoms with Crippen LogP contribution in [0.5, 0.6) is 5.75 Å². The number of halogens is 1. The van der Waals surface area contributed by atoms with E-state index in [0.717, 1.165) is 11.6 Å². The SMILES string of the molecule is [C-]#[N+]C(c1ccc(OC)c(F)c1)S(=O)(=O)c1ccc(C)cc1. The summed E-state index contributed by atoms with van der Waals surface area (Å²) in [7, 11) is -2.61. The predicted molar refractivity (Wildman–Crippen MR) is 80.7 cm³/mol. The van der Waals surface area contributed by atoms with Crippen LogP contribution in [-0.4, -0.2) is 15.5 Å². The van der Waals surface area contributed by atoms with E-state index in [1.807, 2.05) is 6.92 Å². The van der Waals surface area contributed by atoms with Crippen LogP contribution in [0, 0.1) is 19.3 Å². The van der Waals surface area contributed by atoms with Crippen LogP contribution in [0.2, 0.25) is 0 Å². The third kappa shape index (κ3) is 2.95. The van der Waals surface area contributed by atoms with Crippen LogP contribution in [0.25, 0.3) is 4.85 Å². The number of benzene rings is 2. The van der Waals surface area contributed by atoms with Crippen molar-refractivity contribution >= 4 is 9.84 Å². The Kier molecular flexibility index (Phi) is 4.48. The van der Waals surface area contributed by atoms with E-state index >= 15 is 0 Å². The third-order valence-electron chi connectivity index (χ3n) is 3.22. The summed E-state index contributed by atoms with van der Waals surface area (Å²) in [4.78, 5) is 3.22. The van der Waals surface area contributed by atoms with Gasteiger partial charge < -0.3 is 4.74 Å². The van der Waals surface area contributed by atoms with E-state index in [-0.39, 0.29) is 16.2 Å². The van der Waals surface area contributed by atoms with Crippen molar-refractivity contribution in [2.75, 3.05) is 7.11 Å². The van der Waals surface area contributed by atoms with Crippen molar-refractivity contribution in [3.63, 3.8) is 0 Å². The van der Waals surface area contributed by atoms with Crippen molar-refractivity contribution in [3.8, 4) is 5.75 Å². The van der Waals surface area contributed by atoms with Crippen LogP contribution >= 0.6 is 0 Å². The number of hydrogen-bond acceptors (Lipinski definition) is 3. The Labute approximate surface area is 128 Å². The molecule has 6 heteroatoms. The highest BCUT2D eigenvalue weighted by Gasteiger charge is 2.35. The molecule has 0 spiro atoms. The highest BCUT2D eigenvalue weighted by atomic mass is 32.2. The lowest BCUT2D eigenvalue weighted by molar-refractivity contribution is 0.386. The van der Waals surface area contributed by atoms with Crippen molar-refractivity contribution in [2.24, 2.45) is 0 Å². The lowest BCUT2D eigenvalue weighted by Crippen LogP contribution is -2.11. The van der Waals surface area contributed by atoms with E-state index in [0.29, 0.717) is 0 Å². The predicted octanol–water partition coefficient (Wildman–Crippen LogP) is 3.53. The average Bonchev–Trinajstić information content (AvgIpc) is 2.48. The molecule has 0 heterocycles. The first-order valence-corrected chi connectivity index (χ1v) is 7.95. The van der Waals surface area contributed by atoms with E-state index in [9.17, 15) is 12.8 Å². The normalized spacial score (nSPS) is 12.5. The van der Waals surface area contributed by atoms with Crippen molar-refractivity contribution in [2.45, 2.75) is 17.2 Å². The lowest BCUT2D eigenvalue weighted by atomic mass is 10.2. The van der Waals surface area contributed by atoms with Gasteiger partial charge >= 0.3 is 5.37 Å². The molecule has 0 aliphatic rings. The molecule has 2 rings (SSSR count). The largest absolute Gasteiger partial charge is 0.494 e. The summed E-state index contributed by atoms with van der Waals surface area (Å²) in [6, 6.07) is 9.92. The molecule has 1 unspecified atom stereocenters. The monoisotopic (exact) mass is 319 g/mol. The summed E-state index contributed by atoms with van der Waals surface area (Å²) in [6.45, 7) is 9.04. The maximum atomic E-state index is 13.8. The zero-order valence-electron chi connectivity index (χ0n) is 12.1. The molecule has 114 valence electrons. The van der Waals surface area contributed by atoms with Crippen molar-refractivity contribution in [1.29, 1.82) is 0 Å². The maximum absolute atomic E-state index is 13.8. The molecule has 0 fully saturated rings.